The van der Waals surface area contributed by atoms with Crippen LogP contribution in [0.4, 0.5) is 0 Å². The van der Waals surface area contributed by atoms with Crippen LogP contribution in [0.2, 0.25) is 0 Å². The lowest BCUT2D eigenvalue weighted by Gasteiger charge is -2.02. The van der Waals surface area contributed by atoms with Gasteiger partial charge in [-0.3, -0.25) is 0 Å². The Hall–Kier alpha value is -3.34. The maximum absolute atomic E-state index is 9.13. The summed E-state index contributed by atoms with van der Waals surface area (Å²) in [5.74, 6) is 0.126. The summed E-state index contributed by atoms with van der Waals surface area (Å²) in [4.78, 5) is 0. The number of hydrogen-bond donors (Lipinski definition) is 5. The topological polar surface area (TPSA) is 101 Å². The molecule has 5 heteroatoms. The Labute approximate surface area is 139 Å². The minimum absolute atomic E-state index is 0.146. The number of phenols is 5. The average molecular weight is 326 g/mol. The van der Waals surface area contributed by atoms with Gasteiger partial charge in [-0.05, 0) is 41.8 Å². The van der Waals surface area contributed by atoms with Crippen molar-refractivity contribution >= 4 is 0 Å². The molecule has 0 aromatic heterocycles. The van der Waals surface area contributed by atoms with Crippen LogP contribution < -0.4 is 0 Å². The average Bonchev–Trinajstić information content (AvgIpc) is 2.51. The van der Waals surface area contributed by atoms with Crippen molar-refractivity contribution in [3.63, 3.8) is 0 Å². The summed E-state index contributed by atoms with van der Waals surface area (Å²) < 4.78 is 0. The van der Waals surface area contributed by atoms with Gasteiger partial charge in [0.2, 0.25) is 0 Å². The van der Waals surface area contributed by atoms with Crippen molar-refractivity contribution in [2.75, 3.05) is 0 Å². The van der Waals surface area contributed by atoms with Gasteiger partial charge in [-0.15, -0.1) is 0 Å². The zero-order valence-electron chi connectivity index (χ0n) is 12.8. The van der Waals surface area contributed by atoms with Gasteiger partial charge in [0.25, 0.3) is 0 Å². The van der Waals surface area contributed by atoms with E-state index in [-0.39, 0.29) is 28.7 Å². The van der Waals surface area contributed by atoms with Crippen molar-refractivity contribution in [1.82, 2.24) is 0 Å². The van der Waals surface area contributed by atoms with Gasteiger partial charge in [0, 0.05) is 18.2 Å². The number of benzene rings is 3. The second-order valence-corrected chi connectivity index (χ2v) is 5.22. The molecule has 0 bridgehead atoms. The van der Waals surface area contributed by atoms with Gasteiger partial charge < -0.3 is 25.5 Å². The third kappa shape index (κ3) is 5.46. The van der Waals surface area contributed by atoms with Gasteiger partial charge in [-0.2, -0.15) is 0 Å². The monoisotopic (exact) mass is 326 g/mol. The standard InChI is InChI=1S/C13H12O2.C6H6O3/c14-12-5-1-10(2-6-12)9-11-3-7-13(15)8-4-11;7-4-1-5(8)3-6(9)2-4/h1-8,14-15H,9H2;1-3,7-9H. The molecule has 0 aliphatic carbocycles. The third-order valence-corrected chi connectivity index (χ3v) is 3.17. The molecule has 3 aromatic rings. The highest BCUT2D eigenvalue weighted by molar-refractivity contribution is 5.39. The number of hydrogen-bond acceptors (Lipinski definition) is 5. The molecule has 5 nitrogen and oxygen atoms in total. The molecule has 124 valence electrons. The van der Waals surface area contributed by atoms with Crippen LogP contribution in [0.25, 0.3) is 0 Å². The smallest absolute Gasteiger partial charge is 0.122 e. The van der Waals surface area contributed by atoms with E-state index in [0.29, 0.717) is 0 Å². The van der Waals surface area contributed by atoms with Gasteiger partial charge in [0.1, 0.15) is 28.7 Å². The summed E-state index contributed by atoms with van der Waals surface area (Å²) in [5.41, 5.74) is 2.27. The van der Waals surface area contributed by atoms with E-state index in [4.69, 9.17) is 25.5 Å². The lowest BCUT2D eigenvalue weighted by atomic mass is 10.1. The highest BCUT2D eigenvalue weighted by atomic mass is 16.3. The molecule has 5 N–H and O–H groups in total. The van der Waals surface area contributed by atoms with Gasteiger partial charge in [0.05, 0.1) is 0 Å². The zero-order valence-corrected chi connectivity index (χ0v) is 12.8. The Morgan fingerprint density at radius 2 is 0.708 bits per heavy atom. The molecule has 0 unspecified atom stereocenters. The van der Waals surface area contributed by atoms with E-state index in [1.807, 2.05) is 24.3 Å². The molecule has 24 heavy (non-hydrogen) atoms. The fourth-order valence-corrected chi connectivity index (χ4v) is 2.04. The molecule has 0 atom stereocenters. The highest BCUT2D eigenvalue weighted by Gasteiger charge is 1.97. The third-order valence-electron chi connectivity index (χ3n) is 3.17. The van der Waals surface area contributed by atoms with E-state index >= 15 is 0 Å². The first kappa shape index (κ1) is 17.0. The maximum atomic E-state index is 9.13. The van der Waals surface area contributed by atoms with Crippen molar-refractivity contribution in [3.05, 3.63) is 77.9 Å². The highest BCUT2D eigenvalue weighted by Crippen LogP contribution is 2.23. The molecule has 0 saturated carbocycles. The normalized spacial score (nSPS) is 9.83. The fourth-order valence-electron chi connectivity index (χ4n) is 2.04. The maximum Gasteiger partial charge on any atom is 0.122 e. The van der Waals surface area contributed by atoms with Gasteiger partial charge >= 0.3 is 0 Å². The van der Waals surface area contributed by atoms with Crippen LogP contribution in [0.5, 0.6) is 28.7 Å². The predicted molar refractivity (Wildman–Crippen MR) is 90.5 cm³/mol. The van der Waals surface area contributed by atoms with Crippen LogP contribution in [0, 0.1) is 0 Å². The summed E-state index contributed by atoms with van der Waals surface area (Å²) in [6, 6.07) is 17.7. The van der Waals surface area contributed by atoms with Crippen LogP contribution in [0.15, 0.2) is 66.7 Å². The van der Waals surface area contributed by atoms with Crippen molar-refractivity contribution in [2.45, 2.75) is 6.42 Å². The summed E-state index contributed by atoms with van der Waals surface area (Å²) in [6.07, 6.45) is 0.806. The molecule has 0 fully saturated rings. The summed E-state index contributed by atoms with van der Waals surface area (Å²) >= 11 is 0. The Morgan fingerprint density at radius 3 is 1.00 bits per heavy atom. The largest absolute Gasteiger partial charge is 0.508 e. The van der Waals surface area contributed by atoms with Crippen molar-refractivity contribution in [1.29, 1.82) is 0 Å². The molecular formula is C19H18O5. The molecule has 3 rings (SSSR count). The fraction of sp³-hybridized carbons (Fsp3) is 0.0526. The first-order valence-corrected chi connectivity index (χ1v) is 7.20. The van der Waals surface area contributed by atoms with Crippen molar-refractivity contribution in [2.24, 2.45) is 0 Å². The lowest BCUT2D eigenvalue weighted by Crippen LogP contribution is -1.86. The number of aromatic hydroxyl groups is 5. The van der Waals surface area contributed by atoms with Gasteiger partial charge in [0.15, 0.2) is 0 Å². The molecule has 0 spiro atoms. The van der Waals surface area contributed by atoms with Gasteiger partial charge in [-0.1, -0.05) is 24.3 Å². The Balaban J connectivity index is 0.000000198. The summed E-state index contributed by atoms with van der Waals surface area (Å²) in [7, 11) is 0. The second kappa shape index (κ2) is 7.78. The predicted octanol–water partition coefficient (Wildman–Crippen LogP) is 3.49. The van der Waals surface area contributed by atoms with Crippen LogP contribution in [-0.2, 0) is 6.42 Å². The Kier molecular flexibility index (Phi) is 5.52. The molecule has 0 heterocycles. The molecule has 3 aromatic carbocycles. The molecule has 0 aliphatic rings. The minimum atomic E-state index is -0.146. The first-order valence-electron chi connectivity index (χ1n) is 7.20. The quantitative estimate of drug-likeness (QED) is 0.496. The Morgan fingerprint density at radius 1 is 0.417 bits per heavy atom. The zero-order chi connectivity index (χ0) is 17.5. The van der Waals surface area contributed by atoms with E-state index in [1.165, 1.54) is 0 Å². The van der Waals surface area contributed by atoms with Crippen LogP contribution >= 0.6 is 0 Å². The SMILES string of the molecule is Oc1cc(O)cc(O)c1.Oc1ccc(Cc2ccc(O)cc2)cc1. The molecule has 0 saturated heterocycles. The number of phenolic OH excluding ortho intramolecular Hbond substituents is 5. The summed E-state index contributed by atoms with van der Waals surface area (Å²) in [5, 5.41) is 44.3. The first-order chi connectivity index (χ1) is 11.4. The summed E-state index contributed by atoms with van der Waals surface area (Å²) in [6.45, 7) is 0. The van der Waals surface area contributed by atoms with Gasteiger partial charge in [-0.25, -0.2) is 0 Å². The van der Waals surface area contributed by atoms with E-state index in [2.05, 4.69) is 0 Å². The van der Waals surface area contributed by atoms with E-state index in [0.717, 1.165) is 35.7 Å². The molecule has 0 amide bonds. The van der Waals surface area contributed by atoms with E-state index in [9.17, 15) is 0 Å². The lowest BCUT2D eigenvalue weighted by molar-refractivity contribution is 0.428. The second-order valence-electron chi connectivity index (χ2n) is 5.22. The van der Waals surface area contributed by atoms with Crippen LogP contribution in [0.1, 0.15) is 11.1 Å². The van der Waals surface area contributed by atoms with E-state index < -0.39 is 0 Å². The molecule has 0 aliphatic heterocycles. The van der Waals surface area contributed by atoms with Crippen LogP contribution in [0.3, 0.4) is 0 Å². The van der Waals surface area contributed by atoms with Crippen molar-refractivity contribution in [3.8, 4) is 28.7 Å². The molecular weight excluding hydrogens is 308 g/mol. The van der Waals surface area contributed by atoms with Crippen molar-refractivity contribution < 1.29 is 25.5 Å². The number of rotatable bonds is 2. The molecule has 0 radical (unpaired) electrons. The van der Waals surface area contributed by atoms with E-state index in [1.54, 1.807) is 24.3 Å². The van der Waals surface area contributed by atoms with Crippen LogP contribution in [-0.4, -0.2) is 25.5 Å². The minimum Gasteiger partial charge on any atom is -0.508 e. The Bertz CT molecular complexity index is 686.